The Kier molecular flexibility index (Phi) is 4.40. The van der Waals surface area contributed by atoms with Crippen LogP contribution in [0.4, 0.5) is 5.82 Å². The number of hydrogen-bond acceptors (Lipinski definition) is 5. The van der Waals surface area contributed by atoms with Crippen molar-refractivity contribution in [1.82, 2.24) is 14.8 Å². The molecule has 1 atom stereocenters. The zero-order valence-corrected chi connectivity index (χ0v) is 11.6. The summed E-state index contributed by atoms with van der Waals surface area (Å²) in [6, 6.07) is 4.17. The number of nitrogens with zero attached hydrogens (tertiary/aromatic N) is 3. The summed E-state index contributed by atoms with van der Waals surface area (Å²) in [7, 11) is 2.16. The Balaban J connectivity index is 2.05. The van der Waals surface area contributed by atoms with Gasteiger partial charge in [-0.3, -0.25) is 4.90 Å². The molecule has 2 heterocycles. The lowest BCUT2D eigenvalue weighted by atomic mass is 10.2. The van der Waals surface area contributed by atoms with Crippen LogP contribution in [-0.2, 0) is 6.54 Å². The van der Waals surface area contributed by atoms with Gasteiger partial charge in [0.15, 0.2) is 0 Å². The molecule has 1 aromatic rings. The number of rotatable bonds is 3. The highest BCUT2D eigenvalue weighted by molar-refractivity contribution is 6.31. The Labute approximate surface area is 113 Å². The van der Waals surface area contributed by atoms with Crippen LogP contribution >= 0.6 is 11.6 Å². The van der Waals surface area contributed by atoms with E-state index in [0.29, 0.717) is 16.9 Å². The number of hydrazine groups is 1. The summed E-state index contributed by atoms with van der Waals surface area (Å²) >= 11 is 6.17. The van der Waals surface area contributed by atoms with Gasteiger partial charge in [0.1, 0.15) is 5.82 Å². The van der Waals surface area contributed by atoms with Gasteiger partial charge in [0.2, 0.25) is 0 Å². The van der Waals surface area contributed by atoms with Gasteiger partial charge < -0.3 is 10.3 Å². The van der Waals surface area contributed by atoms with Crippen molar-refractivity contribution in [2.45, 2.75) is 19.5 Å². The quantitative estimate of drug-likeness (QED) is 0.637. The Morgan fingerprint density at radius 1 is 1.50 bits per heavy atom. The third-order valence-electron chi connectivity index (χ3n) is 3.48. The molecule has 1 unspecified atom stereocenters. The molecule has 1 fully saturated rings. The summed E-state index contributed by atoms with van der Waals surface area (Å²) in [6.45, 7) is 6.16. The maximum Gasteiger partial charge on any atom is 0.140 e. The third-order valence-corrected chi connectivity index (χ3v) is 3.83. The number of nitrogens with two attached hydrogens (primary N) is 1. The lowest BCUT2D eigenvalue weighted by molar-refractivity contribution is 0.0991. The summed E-state index contributed by atoms with van der Waals surface area (Å²) in [4.78, 5) is 9.14. The van der Waals surface area contributed by atoms with Gasteiger partial charge in [0.25, 0.3) is 0 Å². The van der Waals surface area contributed by atoms with Crippen molar-refractivity contribution in [1.29, 1.82) is 0 Å². The summed E-state index contributed by atoms with van der Waals surface area (Å²) in [5.74, 6) is 6.02. The fraction of sp³-hybridized carbons (Fsp3) is 0.583. The third kappa shape index (κ3) is 3.11. The van der Waals surface area contributed by atoms with Crippen LogP contribution in [0.25, 0.3) is 0 Å². The highest BCUT2D eigenvalue weighted by atomic mass is 35.5. The van der Waals surface area contributed by atoms with Gasteiger partial charge in [-0.2, -0.15) is 0 Å². The summed E-state index contributed by atoms with van der Waals surface area (Å²) in [5.41, 5.74) is 3.43. The molecule has 100 valence electrons. The van der Waals surface area contributed by atoms with Gasteiger partial charge in [-0.25, -0.2) is 10.8 Å². The number of nitrogen functional groups attached to an aromatic ring is 1. The number of hydrogen-bond donors (Lipinski definition) is 2. The number of likely N-dealkylation sites (N-methyl/N-ethyl adjacent to an activating group) is 1. The van der Waals surface area contributed by atoms with E-state index >= 15 is 0 Å². The molecular formula is C12H20ClN5. The van der Waals surface area contributed by atoms with E-state index < -0.39 is 0 Å². The summed E-state index contributed by atoms with van der Waals surface area (Å²) in [5, 5.41) is 0.695. The first-order valence-electron chi connectivity index (χ1n) is 6.15. The van der Waals surface area contributed by atoms with Crippen molar-refractivity contribution >= 4 is 17.4 Å². The van der Waals surface area contributed by atoms with Crippen molar-refractivity contribution in [2.24, 2.45) is 5.84 Å². The van der Waals surface area contributed by atoms with Crippen molar-refractivity contribution < 1.29 is 0 Å². The number of piperazine rings is 1. The molecule has 6 heteroatoms. The molecule has 2 rings (SSSR count). The highest BCUT2D eigenvalue weighted by Crippen LogP contribution is 2.19. The molecule has 0 aromatic carbocycles. The second-order valence-electron chi connectivity index (χ2n) is 4.83. The van der Waals surface area contributed by atoms with Crippen LogP contribution in [0.15, 0.2) is 12.1 Å². The summed E-state index contributed by atoms with van der Waals surface area (Å²) < 4.78 is 0. The van der Waals surface area contributed by atoms with Crippen LogP contribution in [0.3, 0.4) is 0 Å². The van der Waals surface area contributed by atoms with Gasteiger partial charge in [-0.15, -0.1) is 0 Å². The maximum atomic E-state index is 6.17. The number of nitrogens with one attached hydrogen (secondary N) is 1. The van der Waals surface area contributed by atoms with Crippen LogP contribution in [0.1, 0.15) is 12.6 Å². The first-order chi connectivity index (χ1) is 8.60. The van der Waals surface area contributed by atoms with Crippen molar-refractivity contribution in [2.75, 3.05) is 32.1 Å². The van der Waals surface area contributed by atoms with Crippen molar-refractivity contribution in [3.8, 4) is 0 Å². The largest absolute Gasteiger partial charge is 0.308 e. The van der Waals surface area contributed by atoms with Gasteiger partial charge >= 0.3 is 0 Å². The lowest BCUT2D eigenvalue weighted by Gasteiger charge is -2.37. The number of halogens is 1. The van der Waals surface area contributed by atoms with E-state index in [2.05, 4.69) is 34.2 Å². The monoisotopic (exact) mass is 269 g/mol. The van der Waals surface area contributed by atoms with E-state index in [9.17, 15) is 0 Å². The molecule has 0 amide bonds. The van der Waals surface area contributed by atoms with Gasteiger partial charge in [0, 0.05) is 32.2 Å². The van der Waals surface area contributed by atoms with Crippen LogP contribution in [0.2, 0.25) is 5.02 Å². The predicted octanol–water partition coefficient (Wildman–Crippen LogP) is 1.16. The first-order valence-corrected chi connectivity index (χ1v) is 6.52. The van der Waals surface area contributed by atoms with Crippen LogP contribution in [0.5, 0.6) is 0 Å². The molecular weight excluding hydrogens is 250 g/mol. The van der Waals surface area contributed by atoms with Crippen molar-refractivity contribution in [3.63, 3.8) is 0 Å². The van der Waals surface area contributed by atoms with Crippen LogP contribution in [0, 0.1) is 0 Å². The zero-order valence-electron chi connectivity index (χ0n) is 10.9. The highest BCUT2D eigenvalue weighted by Gasteiger charge is 2.21. The molecule has 1 aromatic heterocycles. The molecule has 0 radical (unpaired) electrons. The Hall–Kier alpha value is -0.880. The van der Waals surface area contributed by atoms with E-state index in [4.69, 9.17) is 17.4 Å². The standard InChI is InChI=1S/C12H20ClN5/c1-9-7-18(6-5-17(9)2)8-11-10(13)3-4-12(15-11)16-14/h3-4,9H,5-8,14H2,1-2H3,(H,15,16). The average molecular weight is 270 g/mol. The van der Waals surface area contributed by atoms with Crippen molar-refractivity contribution in [3.05, 3.63) is 22.8 Å². The Morgan fingerprint density at radius 3 is 2.94 bits per heavy atom. The molecule has 0 saturated carbocycles. The molecule has 0 spiro atoms. The van der Waals surface area contributed by atoms with Crippen LogP contribution in [-0.4, -0.2) is 47.5 Å². The van der Waals surface area contributed by atoms with Gasteiger partial charge in [-0.05, 0) is 26.1 Å². The topological polar surface area (TPSA) is 57.4 Å². The minimum atomic E-state index is 0.563. The molecule has 0 aliphatic carbocycles. The van der Waals surface area contributed by atoms with Crippen LogP contribution < -0.4 is 11.3 Å². The number of anilines is 1. The second-order valence-corrected chi connectivity index (χ2v) is 5.24. The lowest BCUT2D eigenvalue weighted by Crippen LogP contribution is -2.49. The molecule has 1 aliphatic heterocycles. The maximum absolute atomic E-state index is 6.17. The van der Waals surface area contributed by atoms with E-state index in [1.54, 1.807) is 6.07 Å². The van der Waals surface area contributed by atoms with E-state index in [1.165, 1.54) is 0 Å². The number of aromatic nitrogens is 1. The number of pyridine rings is 1. The van der Waals surface area contributed by atoms with E-state index in [0.717, 1.165) is 31.9 Å². The smallest absolute Gasteiger partial charge is 0.140 e. The SMILES string of the molecule is CC1CN(Cc2nc(NN)ccc2Cl)CCN1C. The minimum Gasteiger partial charge on any atom is -0.308 e. The molecule has 0 bridgehead atoms. The Morgan fingerprint density at radius 2 is 2.28 bits per heavy atom. The fourth-order valence-electron chi connectivity index (χ4n) is 2.15. The molecule has 18 heavy (non-hydrogen) atoms. The molecule has 3 N–H and O–H groups in total. The minimum absolute atomic E-state index is 0.563. The molecule has 1 saturated heterocycles. The predicted molar refractivity (Wildman–Crippen MR) is 74.4 cm³/mol. The van der Waals surface area contributed by atoms with E-state index in [1.807, 2.05) is 6.07 Å². The molecule has 5 nitrogen and oxygen atoms in total. The van der Waals surface area contributed by atoms with Gasteiger partial charge in [0.05, 0.1) is 10.7 Å². The Bertz CT molecular complexity index is 411. The summed E-state index contributed by atoms with van der Waals surface area (Å²) in [6.07, 6.45) is 0. The zero-order chi connectivity index (χ0) is 13.1. The normalized spacial score (nSPS) is 22.1. The molecule has 1 aliphatic rings. The first kappa shape index (κ1) is 13.5. The van der Waals surface area contributed by atoms with E-state index in [-0.39, 0.29) is 0 Å². The fourth-order valence-corrected chi connectivity index (χ4v) is 2.32. The second kappa shape index (κ2) is 5.84. The average Bonchev–Trinajstić information content (AvgIpc) is 2.36. The van der Waals surface area contributed by atoms with Gasteiger partial charge in [-0.1, -0.05) is 11.6 Å².